The molecule has 36 heavy (non-hydrogen) atoms. The maximum absolute atomic E-state index is 5.35. The van der Waals surface area contributed by atoms with Crippen LogP contribution in [0, 0.1) is 0 Å². The summed E-state index contributed by atoms with van der Waals surface area (Å²) in [5.41, 5.74) is 5.31. The quantitative estimate of drug-likeness (QED) is 0.117. The van der Waals surface area contributed by atoms with Crippen LogP contribution in [0.1, 0.15) is 128 Å². The minimum Gasteiger partial charge on any atom is -0.257 e. The van der Waals surface area contributed by atoms with Gasteiger partial charge in [-0.05, 0) is 51.4 Å². The van der Waals surface area contributed by atoms with Gasteiger partial charge in [0.15, 0.2) is 0 Å². The monoisotopic (exact) mass is 484 g/mol. The van der Waals surface area contributed by atoms with Gasteiger partial charge in [-0.25, -0.2) is 0 Å². The summed E-state index contributed by atoms with van der Waals surface area (Å²) < 4.78 is 0. The number of benzene rings is 2. The van der Waals surface area contributed by atoms with Gasteiger partial charge in [0, 0.05) is 55.1 Å². The predicted octanol–water partition coefficient (Wildman–Crippen LogP) is 10.3. The molecule has 0 aliphatic heterocycles. The fourth-order valence-electron chi connectivity index (χ4n) is 5.96. The largest absolute Gasteiger partial charge is 0.257 e. The topological polar surface area (TPSA) is 25.8 Å². The molecule has 0 saturated heterocycles. The Kier molecular flexibility index (Phi) is 9.96. The Bertz CT molecular complexity index is 1050. The smallest absolute Gasteiger partial charge is 0.0485 e. The molecule has 2 aromatic carbocycles. The van der Waals surface area contributed by atoms with Gasteiger partial charge in [-0.2, -0.15) is 0 Å². The molecule has 0 aliphatic rings. The van der Waals surface area contributed by atoms with Crippen LogP contribution in [0.3, 0.4) is 0 Å². The summed E-state index contributed by atoms with van der Waals surface area (Å²) in [5, 5.41) is 8.53. The lowest BCUT2D eigenvalue weighted by molar-refractivity contribution is 0.693. The lowest BCUT2D eigenvalue weighted by Crippen LogP contribution is -2.05. The van der Waals surface area contributed by atoms with E-state index in [-0.39, 0.29) is 0 Å². The zero-order valence-electron chi connectivity index (χ0n) is 23.5. The molecule has 2 aromatic heterocycles. The predicted molar refractivity (Wildman–Crippen MR) is 159 cm³/mol. The van der Waals surface area contributed by atoms with Crippen molar-refractivity contribution in [1.82, 2.24) is 9.97 Å². The number of aromatic nitrogens is 2. The first kappa shape index (κ1) is 26.8. The van der Waals surface area contributed by atoms with E-state index < -0.39 is 0 Å². The third-order valence-electron chi connectivity index (χ3n) is 8.01. The normalized spacial score (nSPS) is 12.0. The molecule has 0 saturated carbocycles. The summed E-state index contributed by atoms with van der Waals surface area (Å²) in [7, 11) is 0. The molecule has 0 radical (unpaired) electrons. The molecule has 2 heterocycles. The average Bonchev–Trinajstić information content (AvgIpc) is 2.89. The van der Waals surface area contributed by atoms with Crippen LogP contribution in [0.2, 0.25) is 0 Å². The first-order chi connectivity index (χ1) is 17.7. The number of nitrogens with zero attached hydrogens (tertiary/aromatic N) is 2. The van der Waals surface area contributed by atoms with Gasteiger partial charge < -0.3 is 0 Å². The fraction of sp³-hybridized carbons (Fsp3) is 0.588. The molecule has 4 aromatic rings. The lowest BCUT2D eigenvalue weighted by Gasteiger charge is -2.20. The minimum atomic E-state index is 1.09. The molecule has 0 bridgehead atoms. The van der Waals surface area contributed by atoms with Crippen LogP contribution in [0.25, 0.3) is 32.3 Å². The van der Waals surface area contributed by atoms with E-state index in [4.69, 9.17) is 9.97 Å². The average molecular weight is 485 g/mol. The Balaban J connectivity index is 1.94. The summed E-state index contributed by atoms with van der Waals surface area (Å²) in [6.45, 7) is 9.17. The van der Waals surface area contributed by atoms with Crippen LogP contribution in [0.4, 0.5) is 0 Å². The maximum Gasteiger partial charge on any atom is 0.0485 e. The van der Waals surface area contributed by atoms with Crippen molar-refractivity contribution in [3.8, 4) is 0 Å². The summed E-state index contributed by atoms with van der Waals surface area (Å²) >= 11 is 0. The number of aryl methyl sites for hydroxylation is 4. The highest BCUT2D eigenvalue weighted by Gasteiger charge is 2.19. The standard InChI is InChI=1S/C34H48N2/c1-5-9-13-17-29-25-21-22-27-31(19-15-11-7-3)36-32(20-16-12-8-4)28-24-23-26(33(25)34(27)28)30(35-29)18-14-10-6-2/h21-24H,5-20H2,1-4H3. The van der Waals surface area contributed by atoms with E-state index in [1.165, 1.54) is 132 Å². The molecule has 4 rings (SSSR count). The van der Waals surface area contributed by atoms with Crippen LogP contribution in [-0.2, 0) is 25.7 Å². The molecular weight excluding hydrogens is 436 g/mol. The number of hydrogen-bond acceptors (Lipinski definition) is 2. The number of rotatable bonds is 16. The fourth-order valence-corrected chi connectivity index (χ4v) is 5.96. The van der Waals surface area contributed by atoms with Crippen molar-refractivity contribution in [3.05, 3.63) is 47.0 Å². The lowest BCUT2D eigenvalue weighted by atomic mass is 9.89. The molecule has 194 valence electrons. The zero-order chi connectivity index (χ0) is 25.3. The summed E-state index contributed by atoms with van der Waals surface area (Å²) in [6.07, 6.45) is 19.4. The van der Waals surface area contributed by atoms with E-state index in [0.29, 0.717) is 0 Å². The van der Waals surface area contributed by atoms with Crippen molar-refractivity contribution < 1.29 is 0 Å². The summed E-state index contributed by atoms with van der Waals surface area (Å²) in [5.74, 6) is 0. The zero-order valence-corrected chi connectivity index (χ0v) is 23.5. The Morgan fingerprint density at radius 2 is 0.639 bits per heavy atom. The first-order valence-corrected chi connectivity index (χ1v) is 15.2. The van der Waals surface area contributed by atoms with Crippen molar-refractivity contribution >= 4 is 32.3 Å². The van der Waals surface area contributed by atoms with Gasteiger partial charge in [0.1, 0.15) is 0 Å². The molecule has 0 atom stereocenters. The van der Waals surface area contributed by atoms with Gasteiger partial charge in [0.2, 0.25) is 0 Å². The highest BCUT2D eigenvalue weighted by Crippen LogP contribution is 2.40. The van der Waals surface area contributed by atoms with E-state index in [0.717, 1.165) is 25.7 Å². The Morgan fingerprint density at radius 1 is 0.389 bits per heavy atom. The van der Waals surface area contributed by atoms with Crippen LogP contribution in [-0.4, -0.2) is 9.97 Å². The van der Waals surface area contributed by atoms with E-state index in [1.807, 2.05) is 0 Å². The molecule has 0 amide bonds. The second-order valence-corrected chi connectivity index (χ2v) is 10.9. The van der Waals surface area contributed by atoms with E-state index in [1.54, 1.807) is 0 Å². The number of hydrogen-bond donors (Lipinski definition) is 0. The minimum absolute atomic E-state index is 1.09. The SMILES string of the molecule is CCCCCc1nc(CCCCC)c2ccc3c(CCCCC)nc(CCCCC)c4ccc1c2c43. The summed E-state index contributed by atoms with van der Waals surface area (Å²) in [6, 6.07) is 9.54. The van der Waals surface area contributed by atoms with Gasteiger partial charge >= 0.3 is 0 Å². The Morgan fingerprint density at radius 3 is 0.861 bits per heavy atom. The molecule has 0 unspecified atom stereocenters. The molecule has 0 spiro atoms. The number of unbranched alkanes of at least 4 members (excludes halogenated alkanes) is 8. The van der Waals surface area contributed by atoms with Gasteiger partial charge in [-0.3, -0.25) is 9.97 Å². The van der Waals surface area contributed by atoms with Gasteiger partial charge in [0.25, 0.3) is 0 Å². The maximum atomic E-state index is 5.35. The van der Waals surface area contributed by atoms with Crippen LogP contribution in [0.5, 0.6) is 0 Å². The highest BCUT2D eigenvalue weighted by atomic mass is 14.7. The van der Waals surface area contributed by atoms with Crippen LogP contribution < -0.4 is 0 Å². The van der Waals surface area contributed by atoms with Crippen molar-refractivity contribution in [2.75, 3.05) is 0 Å². The van der Waals surface area contributed by atoms with Crippen molar-refractivity contribution in [1.29, 1.82) is 0 Å². The highest BCUT2D eigenvalue weighted by molar-refractivity contribution is 6.24. The van der Waals surface area contributed by atoms with E-state index in [9.17, 15) is 0 Å². The summed E-state index contributed by atoms with van der Waals surface area (Å²) in [4.78, 5) is 10.7. The Labute approximate surface area is 219 Å². The number of pyridine rings is 2. The molecular formula is C34H48N2. The molecule has 0 N–H and O–H groups in total. The molecule has 2 nitrogen and oxygen atoms in total. The van der Waals surface area contributed by atoms with E-state index in [2.05, 4.69) is 52.0 Å². The van der Waals surface area contributed by atoms with Crippen molar-refractivity contribution in [2.45, 2.75) is 130 Å². The third kappa shape index (κ3) is 5.84. The Hall–Kier alpha value is -2.22. The van der Waals surface area contributed by atoms with Gasteiger partial charge in [0.05, 0.1) is 0 Å². The van der Waals surface area contributed by atoms with Crippen LogP contribution in [0.15, 0.2) is 24.3 Å². The van der Waals surface area contributed by atoms with Crippen molar-refractivity contribution in [2.24, 2.45) is 0 Å². The second kappa shape index (κ2) is 13.4. The van der Waals surface area contributed by atoms with Gasteiger partial charge in [-0.1, -0.05) is 103 Å². The molecule has 0 fully saturated rings. The first-order valence-electron chi connectivity index (χ1n) is 15.2. The second-order valence-electron chi connectivity index (χ2n) is 10.9. The van der Waals surface area contributed by atoms with Crippen LogP contribution >= 0.6 is 0 Å². The van der Waals surface area contributed by atoms with Crippen molar-refractivity contribution in [3.63, 3.8) is 0 Å². The van der Waals surface area contributed by atoms with Gasteiger partial charge in [-0.15, -0.1) is 0 Å². The third-order valence-corrected chi connectivity index (χ3v) is 8.01. The molecule has 0 aliphatic carbocycles. The van der Waals surface area contributed by atoms with E-state index >= 15 is 0 Å². The molecule has 2 heteroatoms.